The fourth-order valence-corrected chi connectivity index (χ4v) is 2.33. The number of ether oxygens (including phenoxy) is 2. The Labute approximate surface area is 146 Å². The van der Waals surface area contributed by atoms with Gasteiger partial charge < -0.3 is 9.47 Å². The SMILES string of the molecule is COc1cccc(C(=O)Oc2ccc(-c3ccc(C)c(C)c3)nn2)c1. The second-order valence-electron chi connectivity index (χ2n) is 5.68. The van der Waals surface area contributed by atoms with Crippen LogP contribution in [0.3, 0.4) is 0 Å². The Morgan fingerprint density at radius 1 is 0.920 bits per heavy atom. The Morgan fingerprint density at radius 2 is 1.76 bits per heavy atom. The fourth-order valence-electron chi connectivity index (χ4n) is 2.33. The van der Waals surface area contributed by atoms with Crippen LogP contribution in [0.2, 0.25) is 0 Å². The monoisotopic (exact) mass is 334 g/mol. The van der Waals surface area contributed by atoms with Crippen molar-refractivity contribution in [3.63, 3.8) is 0 Å². The van der Waals surface area contributed by atoms with Crippen LogP contribution in [0.5, 0.6) is 11.6 Å². The van der Waals surface area contributed by atoms with Crippen molar-refractivity contribution in [1.82, 2.24) is 10.2 Å². The minimum absolute atomic E-state index is 0.153. The van der Waals surface area contributed by atoms with Crippen LogP contribution in [0.1, 0.15) is 21.5 Å². The number of hydrogen-bond donors (Lipinski definition) is 0. The number of rotatable bonds is 4. The highest BCUT2D eigenvalue weighted by Gasteiger charge is 2.11. The Kier molecular flexibility index (Phi) is 4.75. The van der Waals surface area contributed by atoms with Gasteiger partial charge in [0.2, 0.25) is 5.88 Å². The van der Waals surface area contributed by atoms with E-state index in [0.29, 0.717) is 11.3 Å². The van der Waals surface area contributed by atoms with Gasteiger partial charge in [0.1, 0.15) is 5.75 Å². The molecule has 0 spiro atoms. The number of aryl methyl sites for hydroxylation is 2. The number of benzene rings is 2. The van der Waals surface area contributed by atoms with Crippen LogP contribution >= 0.6 is 0 Å². The summed E-state index contributed by atoms with van der Waals surface area (Å²) in [7, 11) is 1.54. The standard InChI is InChI=1S/C20H18N2O3/c1-13-7-8-15(11-14(13)2)18-9-10-19(22-21-18)25-20(23)16-5-4-6-17(12-16)24-3/h4-12H,1-3H3. The summed E-state index contributed by atoms with van der Waals surface area (Å²) < 4.78 is 10.4. The predicted molar refractivity (Wildman–Crippen MR) is 94.9 cm³/mol. The lowest BCUT2D eigenvalue weighted by atomic mass is 10.0. The van der Waals surface area contributed by atoms with E-state index in [0.717, 1.165) is 11.3 Å². The maximum absolute atomic E-state index is 12.2. The van der Waals surface area contributed by atoms with Gasteiger partial charge >= 0.3 is 5.97 Å². The summed E-state index contributed by atoms with van der Waals surface area (Å²) in [4.78, 5) is 12.2. The molecule has 25 heavy (non-hydrogen) atoms. The van der Waals surface area contributed by atoms with Crippen molar-refractivity contribution in [1.29, 1.82) is 0 Å². The Bertz CT molecular complexity index is 905. The first-order valence-electron chi connectivity index (χ1n) is 7.84. The van der Waals surface area contributed by atoms with Crippen LogP contribution in [0.15, 0.2) is 54.6 Å². The molecule has 0 fully saturated rings. The molecule has 126 valence electrons. The van der Waals surface area contributed by atoms with Gasteiger partial charge in [0.15, 0.2) is 0 Å². The van der Waals surface area contributed by atoms with Crippen LogP contribution in [-0.4, -0.2) is 23.3 Å². The normalized spacial score (nSPS) is 10.4. The zero-order valence-electron chi connectivity index (χ0n) is 14.3. The van der Waals surface area contributed by atoms with Crippen molar-refractivity contribution < 1.29 is 14.3 Å². The van der Waals surface area contributed by atoms with E-state index < -0.39 is 5.97 Å². The van der Waals surface area contributed by atoms with Gasteiger partial charge in [-0.05, 0) is 55.3 Å². The molecular weight excluding hydrogens is 316 g/mol. The molecule has 5 nitrogen and oxygen atoms in total. The number of nitrogens with zero attached hydrogens (tertiary/aromatic N) is 2. The first kappa shape index (κ1) is 16.6. The summed E-state index contributed by atoms with van der Waals surface area (Å²) in [6, 6.07) is 16.3. The largest absolute Gasteiger partial charge is 0.497 e. The summed E-state index contributed by atoms with van der Waals surface area (Å²) in [6.45, 7) is 4.11. The maximum Gasteiger partial charge on any atom is 0.345 e. The molecule has 0 aliphatic rings. The maximum atomic E-state index is 12.2. The molecule has 0 aliphatic heterocycles. The fraction of sp³-hybridized carbons (Fsp3) is 0.150. The van der Waals surface area contributed by atoms with Gasteiger partial charge in [0.25, 0.3) is 0 Å². The number of hydrogen-bond acceptors (Lipinski definition) is 5. The van der Waals surface area contributed by atoms with Crippen molar-refractivity contribution in [2.45, 2.75) is 13.8 Å². The lowest BCUT2D eigenvalue weighted by Gasteiger charge is -2.06. The summed E-state index contributed by atoms with van der Waals surface area (Å²) >= 11 is 0. The van der Waals surface area contributed by atoms with Gasteiger partial charge in [-0.25, -0.2) is 4.79 Å². The molecule has 0 saturated heterocycles. The molecule has 3 aromatic rings. The molecule has 0 radical (unpaired) electrons. The molecule has 0 amide bonds. The highest BCUT2D eigenvalue weighted by molar-refractivity contribution is 5.91. The van der Waals surface area contributed by atoms with E-state index >= 15 is 0 Å². The highest BCUT2D eigenvalue weighted by atomic mass is 16.5. The second-order valence-corrected chi connectivity index (χ2v) is 5.68. The third kappa shape index (κ3) is 3.83. The summed E-state index contributed by atoms with van der Waals surface area (Å²) in [6.07, 6.45) is 0. The van der Waals surface area contributed by atoms with E-state index in [4.69, 9.17) is 9.47 Å². The zero-order valence-corrected chi connectivity index (χ0v) is 14.3. The third-order valence-electron chi connectivity index (χ3n) is 3.95. The van der Waals surface area contributed by atoms with Crippen molar-refractivity contribution in [2.24, 2.45) is 0 Å². The van der Waals surface area contributed by atoms with E-state index in [1.54, 1.807) is 43.5 Å². The van der Waals surface area contributed by atoms with Crippen LogP contribution < -0.4 is 9.47 Å². The van der Waals surface area contributed by atoms with Crippen LogP contribution in [0, 0.1) is 13.8 Å². The molecule has 5 heteroatoms. The van der Waals surface area contributed by atoms with E-state index in [-0.39, 0.29) is 5.88 Å². The van der Waals surface area contributed by atoms with Gasteiger partial charge in [-0.3, -0.25) is 0 Å². The van der Waals surface area contributed by atoms with Gasteiger partial charge in [-0.15, -0.1) is 10.2 Å². The van der Waals surface area contributed by atoms with E-state index in [2.05, 4.69) is 30.1 Å². The lowest BCUT2D eigenvalue weighted by molar-refractivity contribution is 0.0725. The molecule has 1 heterocycles. The molecule has 3 rings (SSSR count). The predicted octanol–water partition coefficient (Wildman–Crippen LogP) is 3.99. The average Bonchev–Trinajstić information content (AvgIpc) is 2.64. The topological polar surface area (TPSA) is 61.3 Å². The van der Waals surface area contributed by atoms with Crippen molar-refractivity contribution in [3.8, 4) is 22.9 Å². The molecular formula is C20H18N2O3. The number of carbonyl (C=O) groups excluding carboxylic acids is 1. The number of methoxy groups -OCH3 is 1. The van der Waals surface area contributed by atoms with Gasteiger partial charge in [-0.2, -0.15) is 0 Å². The first-order chi connectivity index (χ1) is 12.1. The quantitative estimate of drug-likeness (QED) is 0.675. The minimum Gasteiger partial charge on any atom is -0.497 e. The molecule has 0 unspecified atom stereocenters. The minimum atomic E-state index is -0.507. The molecule has 0 bridgehead atoms. The summed E-state index contributed by atoms with van der Waals surface area (Å²) in [5.74, 6) is 0.234. The smallest absolute Gasteiger partial charge is 0.345 e. The van der Waals surface area contributed by atoms with E-state index in [9.17, 15) is 4.79 Å². The van der Waals surface area contributed by atoms with E-state index in [1.165, 1.54) is 11.1 Å². The van der Waals surface area contributed by atoms with Crippen LogP contribution in [-0.2, 0) is 0 Å². The van der Waals surface area contributed by atoms with Crippen molar-refractivity contribution in [3.05, 3.63) is 71.3 Å². The van der Waals surface area contributed by atoms with Gasteiger partial charge in [0.05, 0.1) is 18.4 Å². The van der Waals surface area contributed by atoms with Crippen molar-refractivity contribution in [2.75, 3.05) is 7.11 Å². The number of aromatic nitrogens is 2. The third-order valence-corrected chi connectivity index (χ3v) is 3.95. The lowest BCUT2D eigenvalue weighted by Crippen LogP contribution is -2.10. The second kappa shape index (κ2) is 7.13. The molecule has 0 N–H and O–H groups in total. The Morgan fingerprint density at radius 3 is 2.44 bits per heavy atom. The van der Waals surface area contributed by atoms with Crippen LogP contribution in [0.25, 0.3) is 11.3 Å². The molecule has 0 saturated carbocycles. The Balaban J connectivity index is 1.75. The highest BCUT2D eigenvalue weighted by Crippen LogP contribution is 2.21. The summed E-state index contributed by atoms with van der Waals surface area (Å²) in [5, 5.41) is 8.14. The number of esters is 1. The first-order valence-corrected chi connectivity index (χ1v) is 7.84. The molecule has 1 aromatic heterocycles. The molecule has 0 atom stereocenters. The number of carbonyl (C=O) groups is 1. The van der Waals surface area contributed by atoms with Crippen LogP contribution in [0.4, 0.5) is 0 Å². The van der Waals surface area contributed by atoms with Crippen molar-refractivity contribution >= 4 is 5.97 Å². The van der Waals surface area contributed by atoms with Gasteiger partial charge in [-0.1, -0.05) is 18.2 Å². The molecule has 2 aromatic carbocycles. The average molecular weight is 334 g/mol. The summed E-state index contributed by atoms with van der Waals surface area (Å²) in [5.41, 5.74) is 4.50. The zero-order chi connectivity index (χ0) is 17.8. The van der Waals surface area contributed by atoms with Gasteiger partial charge in [0, 0.05) is 11.6 Å². The van der Waals surface area contributed by atoms with E-state index in [1.807, 2.05) is 12.1 Å². The Hall–Kier alpha value is -3.21. The molecule has 0 aliphatic carbocycles.